The molecule has 0 saturated carbocycles. The summed E-state index contributed by atoms with van der Waals surface area (Å²) in [5.41, 5.74) is 0. The van der Waals surface area contributed by atoms with Crippen LogP contribution >= 0.6 is 28.3 Å². The Kier molecular flexibility index (Phi) is 4.41. The van der Waals surface area contributed by atoms with Crippen LogP contribution in [0, 0.1) is 5.82 Å². The van der Waals surface area contributed by atoms with E-state index in [0.717, 1.165) is 5.39 Å². The van der Waals surface area contributed by atoms with E-state index in [1.807, 2.05) is 17.4 Å². The Morgan fingerprint density at radius 1 is 1.22 bits per heavy atom. The number of rotatable bonds is 1. The van der Waals surface area contributed by atoms with Gasteiger partial charge in [0.25, 0.3) is 0 Å². The Morgan fingerprint density at radius 3 is 2.67 bits per heavy atom. The first-order chi connectivity index (χ1) is 8.22. The van der Waals surface area contributed by atoms with E-state index in [9.17, 15) is 4.39 Å². The van der Waals surface area contributed by atoms with Crippen molar-refractivity contribution in [1.29, 1.82) is 0 Å². The molecule has 1 aliphatic heterocycles. The molecular weight excluding hydrogens is 313 g/mol. The largest absolute Gasteiger partial charge is 0.306 e. The monoisotopic (exact) mass is 329 g/mol. The molecule has 4 heteroatoms. The lowest BCUT2D eigenvalue weighted by Gasteiger charge is -2.28. The van der Waals surface area contributed by atoms with Crippen LogP contribution in [-0.2, 0) is 0 Å². The van der Waals surface area contributed by atoms with Gasteiger partial charge >= 0.3 is 0 Å². The number of hydrogen-bond donors (Lipinski definition) is 0. The molecule has 0 aliphatic carbocycles. The van der Waals surface area contributed by atoms with E-state index in [2.05, 4.69) is 18.0 Å². The van der Waals surface area contributed by atoms with Crippen molar-refractivity contribution in [2.75, 3.05) is 20.1 Å². The maximum atomic E-state index is 13.1. The minimum absolute atomic E-state index is 0. The normalized spacial score (nSPS) is 17.9. The summed E-state index contributed by atoms with van der Waals surface area (Å²) in [5, 5.41) is 1.06. The Morgan fingerprint density at radius 2 is 1.94 bits per heavy atom. The van der Waals surface area contributed by atoms with Crippen molar-refractivity contribution in [2.45, 2.75) is 18.8 Å². The fourth-order valence-corrected chi connectivity index (χ4v) is 3.74. The number of likely N-dealkylation sites (tertiary alicyclic amines) is 1. The number of fused-ring (bicyclic) bond motifs is 1. The maximum Gasteiger partial charge on any atom is 0.123 e. The van der Waals surface area contributed by atoms with Crippen LogP contribution in [0.1, 0.15) is 23.6 Å². The molecule has 2 aromatic rings. The van der Waals surface area contributed by atoms with E-state index in [1.165, 1.54) is 35.5 Å². The highest BCUT2D eigenvalue weighted by atomic mass is 79.9. The molecule has 0 atom stereocenters. The molecule has 18 heavy (non-hydrogen) atoms. The summed E-state index contributed by atoms with van der Waals surface area (Å²) in [6.07, 6.45) is 2.46. The van der Waals surface area contributed by atoms with Gasteiger partial charge in [-0.05, 0) is 68.5 Å². The highest BCUT2D eigenvalue weighted by Gasteiger charge is 2.20. The second-order valence-electron chi connectivity index (χ2n) is 4.91. The van der Waals surface area contributed by atoms with Gasteiger partial charge < -0.3 is 4.90 Å². The van der Waals surface area contributed by atoms with Crippen molar-refractivity contribution in [2.24, 2.45) is 0 Å². The fraction of sp³-hybridized carbons (Fsp3) is 0.429. The van der Waals surface area contributed by atoms with E-state index in [0.29, 0.717) is 5.92 Å². The summed E-state index contributed by atoms with van der Waals surface area (Å²) in [6.45, 7) is 2.35. The summed E-state index contributed by atoms with van der Waals surface area (Å²) in [6, 6.07) is 7.27. The Bertz CT molecular complexity index is 532. The van der Waals surface area contributed by atoms with E-state index in [1.54, 1.807) is 12.1 Å². The predicted molar refractivity (Wildman–Crippen MR) is 81.6 cm³/mol. The number of piperidine rings is 1. The molecule has 1 nitrogen and oxygen atoms in total. The summed E-state index contributed by atoms with van der Waals surface area (Å²) < 4.78 is 14.3. The zero-order valence-electron chi connectivity index (χ0n) is 10.4. The van der Waals surface area contributed by atoms with Gasteiger partial charge in [-0.1, -0.05) is 0 Å². The van der Waals surface area contributed by atoms with Gasteiger partial charge in [0.2, 0.25) is 0 Å². The first kappa shape index (κ1) is 14.0. The second kappa shape index (κ2) is 5.68. The van der Waals surface area contributed by atoms with Crippen molar-refractivity contribution >= 4 is 38.4 Å². The third-order valence-electron chi connectivity index (χ3n) is 3.62. The minimum Gasteiger partial charge on any atom is -0.306 e. The highest BCUT2D eigenvalue weighted by molar-refractivity contribution is 8.93. The van der Waals surface area contributed by atoms with E-state index < -0.39 is 0 Å². The lowest BCUT2D eigenvalue weighted by atomic mass is 9.95. The molecule has 0 amide bonds. The van der Waals surface area contributed by atoms with Crippen LogP contribution in [0.25, 0.3) is 10.1 Å². The van der Waals surface area contributed by atoms with E-state index in [-0.39, 0.29) is 22.8 Å². The molecule has 0 bridgehead atoms. The van der Waals surface area contributed by atoms with E-state index >= 15 is 0 Å². The molecule has 1 saturated heterocycles. The zero-order valence-corrected chi connectivity index (χ0v) is 12.9. The Balaban J connectivity index is 0.00000120. The van der Waals surface area contributed by atoms with Crippen molar-refractivity contribution in [1.82, 2.24) is 4.90 Å². The molecule has 1 fully saturated rings. The number of nitrogens with zero attached hydrogens (tertiary/aromatic N) is 1. The van der Waals surface area contributed by atoms with Gasteiger partial charge in [0.05, 0.1) is 0 Å². The predicted octanol–water partition coefficient (Wildman–Crippen LogP) is 4.43. The number of halogens is 2. The molecule has 0 spiro atoms. The van der Waals surface area contributed by atoms with Crippen molar-refractivity contribution in [3.63, 3.8) is 0 Å². The molecule has 0 N–H and O–H groups in total. The minimum atomic E-state index is -0.134. The van der Waals surface area contributed by atoms with Crippen LogP contribution in [-0.4, -0.2) is 25.0 Å². The second-order valence-corrected chi connectivity index (χ2v) is 6.02. The van der Waals surface area contributed by atoms with Gasteiger partial charge in [-0.2, -0.15) is 0 Å². The van der Waals surface area contributed by atoms with Gasteiger partial charge in [0.15, 0.2) is 0 Å². The molecule has 0 unspecified atom stereocenters. The lowest BCUT2D eigenvalue weighted by molar-refractivity contribution is 0.257. The van der Waals surface area contributed by atoms with Crippen molar-refractivity contribution in [3.05, 3.63) is 35.0 Å². The molecule has 1 aliphatic rings. The zero-order chi connectivity index (χ0) is 11.8. The number of hydrogen-bond acceptors (Lipinski definition) is 2. The molecule has 1 aromatic heterocycles. The smallest absolute Gasteiger partial charge is 0.123 e. The Labute approximate surface area is 121 Å². The molecule has 98 valence electrons. The summed E-state index contributed by atoms with van der Waals surface area (Å²) in [7, 11) is 2.18. The van der Waals surface area contributed by atoms with Crippen LogP contribution < -0.4 is 0 Å². The average molecular weight is 330 g/mol. The SMILES string of the molecule is Br.CN1CCC(c2cc3cc(F)ccc3s2)CC1. The molecule has 3 rings (SSSR count). The topological polar surface area (TPSA) is 3.24 Å². The average Bonchev–Trinajstić information content (AvgIpc) is 2.72. The van der Waals surface area contributed by atoms with Crippen LogP contribution in [0.4, 0.5) is 4.39 Å². The lowest BCUT2D eigenvalue weighted by Crippen LogP contribution is -2.28. The molecule has 2 heterocycles. The fourth-order valence-electron chi connectivity index (χ4n) is 2.53. The maximum absolute atomic E-state index is 13.1. The third kappa shape index (κ3) is 2.76. The molecular formula is C14H17BrFNS. The van der Waals surface area contributed by atoms with Gasteiger partial charge in [0, 0.05) is 9.58 Å². The van der Waals surface area contributed by atoms with Gasteiger partial charge in [-0.25, -0.2) is 4.39 Å². The summed E-state index contributed by atoms with van der Waals surface area (Å²) in [4.78, 5) is 3.81. The van der Waals surface area contributed by atoms with Gasteiger partial charge in [-0.15, -0.1) is 28.3 Å². The number of benzene rings is 1. The van der Waals surface area contributed by atoms with Crippen LogP contribution in [0.2, 0.25) is 0 Å². The van der Waals surface area contributed by atoms with Crippen LogP contribution in [0.5, 0.6) is 0 Å². The molecule has 0 radical (unpaired) electrons. The van der Waals surface area contributed by atoms with E-state index in [4.69, 9.17) is 0 Å². The van der Waals surface area contributed by atoms with Crippen LogP contribution in [0.15, 0.2) is 24.3 Å². The first-order valence-corrected chi connectivity index (χ1v) is 6.91. The summed E-state index contributed by atoms with van der Waals surface area (Å²) in [5.74, 6) is 0.539. The number of thiophene rings is 1. The van der Waals surface area contributed by atoms with Gasteiger partial charge in [-0.3, -0.25) is 0 Å². The third-order valence-corrected chi connectivity index (χ3v) is 4.90. The molecule has 1 aromatic carbocycles. The first-order valence-electron chi connectivity index (χ1n) is 6.10. The standard InChI is InChI=1S/C14H16FNS.BrH/c1-16-6-4-10(5-7-16)14-9-11-8-12(15)2-3-13(11)17-14;/h2-3,8-10H,4-7H2,1H3;1H. The van der Waals surface area contributed by atoms with Gasteiger partial charge in [0.1, 0.15) is 5.82 Å². The quantitative estimate of drug-likeness (QED) is 0.748. The van der Waals surface area contributed by atoms with Crippen LogP contribution in [0.3, 0.4) is 0 Å². The Hall–Kier alpha value is -0.450. The van der Waals surface area contributed by atoms with Crippen molar-refractivity contribution in [3.8, 4) is 0 Å². The summed E-state index contributed by atoms with van der Waals surface area (Å²) >= 11 is 1.83. The van der Waals surface area contributed by atoms with Crippen molar-refractivity contribution < 1.29 is 4.39 Å². The highest BCUT2D eigenvalue weighted by Crippen LogP contribution is 2.36.